The Labute approximate surface area is 114 Å². The van der Waals surface area contributed by atoms with Gasteiger partial charge in [-0.3, -0.25) is 4.90 Å². The molecule has 3 heterocycles. The van der Waals surface area contributed by atoms with Gasteiger partial charge in [0.25, 0.3) is 0 Å². The van der Waals surface area contributed by atoms with Gasteiger partial charge in [0, 0.05) is 31.9 Å². The molecule has 0 amide bonds. The van der Waals surface area contributed by atoms with Gasteiger partial charge in [-0.25, -0.2) is 4.98 Å². The lowest BCUT2D eigenvalue weighted by Gasteiger charge is -2.35. The van der Waals surface area contributed by atoms with E-state index in [-0.39, 0.29) is 6.10 Å². The lowest BCUT2D eigenvalue weighted by Crippen LogP contribution is -2.48. The van der Waals surface area contributed by atoms with Crippen LogP contribution in [0.25, 0.3) is 0 Å². The van der Waals surface area contributed by atoms with E-state index < -0.39 is 0 Å². The number of nitrogens with one attached hydrogen (secondary N) is 1. The molecule has 2 unspecified atom stereocenters. The number of fused-ring (bicyclic) bond motifs is 1. The molecule has 1 N–H and O–H groups in total. The van der Waals surface area contributed by atoms with Gasteiger partial charge >= 0.3 is 0 Å². The van der Waals surface area contributed by atoms with Crippen molar-refractivity contribution in [3.05, 3.63) is 11.9 Å². The van der Waals surface area contributed by atoms with Gasteiger partial charge in [0.15, 0.2) is 0 Å². The zero-order valence-electron chi connectivity index (χ0n) is 11.9. The number of anilines is 1. The van der Waals surface area contributed by atoms with Crippen molar-refractivity contribution in [1.29, 1.82) is 0 Å². The van der Waals surface area contributed by atoms with Crippen molar-refractivity contribution in [3.8, 4) is 0 Å². The molecule has 2 fully saturated rings. The molecule has 0 aliphatic carbocycles. The third-order valence-electron chi connectivity index (χ3n) is 4.19. The summed E-state index contributed by atoms with van der Waals surface area (Å²) in [5, 5.41) is 3.43. The van der Waals surface area contributed by atoms with Gasteiger partial charge < -0.3 is 14.6 Å². The molecule has 2 aliphatic rings. The van der Waals surface area contributed by atoms with Gasteiger partial charge in [-0.15, -0.1) is 0 Å². The number of imidazole rings is 1. The Hall–Kier alpha value is -1.07. The highest BCUT2D eigenvalue weighted by Gasteiger charge is 2.32. The molecule has 3 rings (SSSR count). The smallest absolute Gasteiger partial charge is 0.203 e. The third kappa shape index (κ3) is 2.77. The fourth-order valence-electron chi connectivity index (χ4n) is 3.14. The average Bonchev–Trinajstić information content (AvgIpc) is 3.01. The largest absolute Gasteiger partial charge is 0.373 e. The summed E-state index contributed by atoms with van der Waals surface area (Å²) >= 11 is 0. The average molecular weight is 264 g/mol. The Morgan fingerprint density at radius 1 is 1.53 bits per heavy atom. The molecule has 1 aromatic heterocycles. The summed E-state index contributed by atoms with van der Waals surface area (Å²) in [4.78, 5) is 7.09. The first-order valence-electron chi connectivity index (χ1n) is 7.39. The van der Waals surface area contributed by atoms with E-state index in [1.165, 1.54) is 19.4 Å². The van der Waals surface area contributed by atoms with Crippen molar-refractivity contribution in [1.82, 2.24) is 14.5 Å². The maximum Gasteiger partial charge on any atom is 0.203 e. The molecule has 0 aromatic carbocycles. The van der Waals surface area contributed by atoms with Crippen LogP contribution in [0.15, 0.2) is 6.20 Å². The normalized spacial score (nSPS) is 27.5. The summed E-state index contributed by atoms with van der Waals surface area (Å²) in [6.45, 7) is 9.16. The predicted octanol–water partition coefficient (Wildman–Crippen LogP) is 1.49. The number of morpholine rings is 1. The number of aromatic nitrogens is 2. The Bertz CT molecular complexity index is 431. The maximum absolute atomic E-state index is 5.95. The van der Waals surface area contributed by atoms with Crippen molar-refractivity contribution >= 4 is 5.95 Å². The molecule has 0 bridgehead atoms. The Balaban J connectivity index is 1.54. The lowest BCUT2D eigenvalue weighted by molar-refractivity contribution is -0.0416. The van der Waals surface area contributed by atoms with E-state index in [0.717, 1.165) is 37.9 Å². The van der Waals surface area contributed by atoms with Crippen LogP contribution in [0.3, 0.4) is 0 Å². The van der Waals surface area contributed by atoms with E-state index in [4.69, 9.17) is 4.74 Å². The van der Waals surface area contributed by atoms with Gasteiger partial charge in [0.2, 0.25) is 5.95 Å². The number of aryl methyl sites for hydroxylation is 2. The van der Waals surface area contributed by atoms with E-state index in [2.05, 4.69) is 32.9 Å². The van der Waals surface area contributed by atoms with Crippen molar-refractivity contribution < 1.29 is 4.74 Å². The van der Waals surface area contributed by atoms with Gasteiger partial charge in [0.05, 0.1) is 18.4 Å². The van der Waals surface area contributed by atoms with Gasteiger partial charge in [-0.05, 0) is 33.2 Å². The van der Waals surface area contributed by atoms with Crippen LogP contribution in [0, 0.1) is 6.92 Å². The molecule has 5 nitrogen and oxygen atoms in total. The molecular weight excluding hydrogens is 240 g/mol. The molecular formula is C14H24N4O. The number of rotatable bonds is 4. The van der Waals surface area contributed by atoms with E-state index in [1.807, 2.05) is 6.92 Å². The number of hydrogen-bond acceptors (Lipinski definition) is 4. The SMILES string of the molecule is CCn1cc(C)nc1NCC1CN2CCCC2CO1. The molecule has 0 spiro atoms. The maximum atomic E-state index is 5.95. The minimum atomic E-state index is 0.289. The Kier molecular flexibility index (Phi) is 3.75. The van der Waals surface area contributed by atoms with Crippen molar-refractivity contribution in [3.63, 3.8) is 0 Å². The molecule has 2 atom stereocenters. The molecule has 19 heavy (non-hydrogen) atoms. The van der Waals surface area contributed by atoms with Gasteiger partial charge in [-0.2, -0.15) is 0 Å². The molecule has 2 aliphatic heterocycles. The van der Waals surface area contributed by atoms with Crippen LogP contribution in [0.4, 0.5) is 5.95 Å². The zero-order chi connectivity index (χ0) is 13.2. The molecule has 0 radical (unpaired) electrons. The zero-order valence-corrected chi connectivity index (χ0v) is 11.9. The summed E-state index contributed by atoms with van der Waals surface area (Å²) in [5.41, 5.74) is 1.06. The minimum Gasteiger partial charge on any atom is -0.373 e. The highest BCUT2D eigenvalue weighted by molar-refractivity contribution is 5.28. The van der Waals surface area contributed by atoms with E-state index in [9.17, 15) is 0 Å². The number of ether oxygens (including phenoxy) is 1. The molecule has 106 valence electrons. The van der Waals surface area contributed by atoms with Crippen LogP contribution < -0.4 is 5.32 Å². The first-order chi connectivity index (χ1) is 9.26. The van der Waals surface area contributed by atoms with Crippen LogP contribution in [0.5, 0.6) is 0 Å². The summed E-state index contributed by atoms with van der Waals surface area (Å²) in [6.07, 6.45) is 5.00. The van der Waals surface area contributed by atoms with E-state index >= 15 is 0 Å². The number of hydrogen-bond donors (Lipinski definition) is 1. The third-order valence-corrected chi connectivity index (χ3v) is 4.19. The van der Waals surface area contributed by atoms with Crippen molar-refractivity contribution in [2.24, 2.45) is 0 Å². The molecule has 2 saturated heterocycles. The monoisotopic (exact) mass is 264 g/mol. The number of nitrogens with zero attached hydrogens (tertiary/aromatic N) is 3. The fraction of sp³-hybridized carbons (Fsp3) is 0.786. The van der Waals surface area contributed by atoms with Crippen LogP contribution in [0.2, 0.25) is 0 Å². The van der Waals surface area contributed by atoms with Crippen LogP contribution in [-0.4, -0.2) is 52.8 Å². The highest BCUT2D eigenvalue weighted by Crippen LogP contribution is 2.22. The first-order valence-corrected chi connectivity index (χ1v) is 7.39. The van der Waals surface area contributed by atoms with E-state index in [0.29, 0.717) is 6.04 Å². The molecule has 1 aromatic rings. The summed E-state index contributed by atoms with van der Waals surface area (Å²) in [6, 6.07) is 0.677. The summed E-state index contributed by atoms with van der Waals surface area (Å²) in [5.74, 6) is 0.965. The quantitative estimate of drug-likeness (QED) is 0.894. The summed E-state index contributed by atoms with van der Waals surface area (Å²) < 4.78 is 8.10. The predicted molar refractivity (Wildman–Crippen MR) is 75.5 cm³/mol. The topological polar surface area (TPSA) is 42.3 Å². The van der Waals surface area contributed by atoms with Crippen molar-refractivity contribution in [2.75, 3.05) is 31.6 Å². The Morgan fingerprint density at radius 2 is 2.42 bits per heavy atom. The minimum absolute atomic E-state index is 0.289. The van der Waals surface area contributed by atoms with Crippen LogP contribution in [0.1, 0.15) is 25.5 Å². The summed E-state index contributed by atoms with van der Waals surface area (Å²) in [7, 11) is 0. The second kappa shape index (κ2) is 5.51. The van der Waals surface area contributed by atoms with E-state index in [1.54, 1.807) is 0 Å². The van der Waals surface area contributed by atoms with Crippen LogP contribution in [-0.2, 0) is 11.3 Å². The molecule has 0 saturated carbocycles. The van der Waals surface area contributed by atoms with Crippen molar-refractivity contribution in [2.45, 2.75) is 45.4 Å². The molecule has 5 heteroatoms. The second-order valence-corrected chi connectivity index (χ2v) is 5.62. The van der Waals surface area contributed by atoms with Crippen LogP contribution >= 0.6 is 0 Å². The standard InChI is InChI=1S/C14H24N4O/c1-3-17-8-11(2)16-14(17)15-7-13-9-18-6-4-5-12(18)10-19-13/h8,12-13H,3-7,9-10H2,1-2H3,(H,15,16). The fourth-order valence-corrected chi connectivity index (χ4v) is 3.14. The van der Waals surface area contributed by atoms with Gasteiger partial charge in [0.1, 0.15) is 0 Å². The highest BCUT2D eigenvalue weighted by atomic mass is 16.5. The van der Waals surface area contributed by atoms with Gasteiger partial charge in [-0.1, -0.05) is 0 Å². The Morgan fingerprint density at radius 3 is 3.26 bits per heavy atom. The lowest BCUT2D eigenvalue weighted by atomic mass is 10.2. The second-order valence-electron chi connectivity index (χ2n) is 5.62. The first kappa shape index (κ1) is 12.9.